The molecule has 1 aromatic carbocycles. The molecule has 0 saturated heterocycles. The van der Waals surface area contributed by atoms with E-state index in [1.165, 1.54) is 0 Å². The van der Waals surface area contributed by atoms with E-state index in [0.717, 1.165) is 6.07 Å². The van der Waals surface area contributed by atoms with Crippen LogP contribution in [0.25, 0.3) is 0 Å². The van der Waals surface area contributed by atoms with Crippen LogP contribution in [0.5, 0.6) is 0 Å². The van der Waals surface area contributed by atoms with Crippen molar-refractivity contribution in [2.45, 2.75) is 31.2 Å². The predicted octanol–water partition coefficient (Wildman–Crippen LogP) is 1.39. The second-order valence-electron chi connectivity index (χ2n) is 5.47. The third-order valence-corrected chi connectivity index (χ3v) is 4.91. The number of nitrogens with one attached hydrogen (secondary N) is 1. The largest absolute Gasteiger partial charge is 0.397 e. The van der Waals surface area contributed by atoms with Gasteiger partial charge in [0.1, 0.15) is 4.90 Å². The van der Waals surface area contributed by atoms with Crippen LogP contribution in [0.1, 0.15) is 20.3 Å². The zero-order chi connectivity index (χ0) is 15.3. The molecule has 0 aliphatic heterocycles. The molecular formula is C11H14FN3O4S. The van der Waals surface area contributed by atoms with Crippen molar-refractivity contribution in [3.8, 4) is 0 Å². The predicted molar refractivity (Wildman–Crippen MR) is 70.0 cm³/mol. The molecule has 1 unspecified atom stereocenters. The van der Waals surface area contributed by atoms with Crippen molar-refractivity contribution in [2.75, 3.05) is 5.73 Å². The number of hydrogen-bond acceptors (Lipinski definition) is 5. The average molecular weight is 303 g/mol. The molecule has 3 N–H and O–H groups in total. The Morgan fingerprint density at radius 2 is 2.05 bits per heavy atom. The number of non-ortho nitro benzene ring substituents is 1. The van der Waals surface area contributed by atoms with Crippen molar-refractivity contribution >= 4 is 21.4 Å². The first-order chi connectivity index (χ1) is 9.04. The Labute approximate surface area is 115 Å². The van der Waals surface area contributed by atoms with Crippen LogP contribution in [-0.2, 0) is 10.0 Å². The van der Waals surface area contributed by atoms with Gasteiger partial charge in [-0.25, -0.2) is 17.5 Å². The van der Waals surface area contributed by atoms with Crippen molar-refractivity contribution in [3.05, 3.63) is 28.1 Å². The van der Waals surface area contributed by atoms with E-state index in [9.17, 15) is 22.9 Å². The summed E-state index contributed by atoms with van der Waals surface area (Å²) in [7, 11) is -4.14. The molecule has 110 valence electrons. The highest BCUT2D eigenvalue weighted by molar-refractivity contribution is 7.89. The van der Waals surface area contributed by atoms with Gasteiger partial charge in [0.05, 0.1) is 16.7 Å². The molecule has 1 fully saturated rings. The SMILES string of the molecule is CC1(C)CC1NS(=O)(=O)c1c(N)cc([N+](=O)[O-])cc1F. The molecule has 0 spiro atoms. The molecule has 1 aromatic rings. The smallest absolute Gasteiger partial charge is 0.274 e. The molecule has 0 aromatic heterocycles. The number of sulfonamides is 1. The molecule has 9 heteroatoms. The summed E-state index contributed by atoms with van der Waals surface area (Å²) in [5.74, 6) is -1.23. The number of nitro benzene ring substituents is 1. The second kappa shape index (κ2) is 4.38. The lowest BCUT2D eigenvalue weighted by Crippen LogP contribution is -2.30. The zero-order valence-corrected chi connectivity index (χ0v) is 11.7. The summed E-state index contributed by atoms with van der Waals surface area (Å²) in [4.78, 5) is 8.97. The Morgan fingerprint density at radius 1 is 1.50 bits per heavy atom. The van der Waals surface area contributed by atoms with Crippen molar-refractivity contribution in [1.29, 1.82) is 0 Å². The van der Waals surface area contributed by atoms with Crippen LogP contribution < -0.4 is 10.5 Å². The number of nitrogen functional groups attached to an aromatic ring is 1. The molecular weight excluding hydrogens is 289 g/mol. The minimum Gasteiger partial charge on any atom is -0.397 e. The Morgan fingerprint density at radius 3 is 2.45 bits per heavy atom. The summed E-state index contributed by atoms with van der Waals surface area (Å²) >= 11 is 0. The minimum atomic E-state index is -4.14. The summed E-state index contributed by atoms with van der Waals surface area (Å²) in [6.07, 6.45) is 0.640. The number of rotatable bonds is 4. The van der Waals surface area contributed by atoms with E-state index in [4.69, 9.17) is 5.73 Å². The number of halogens is 1. The van der Waals surface area contributed by atoms with Gasteiger partial charge < -0.3 is 5.73 Å². The lowest BCUT2D eigenvalue weighted by Gasteiger charge is -2.11. The molecule has 1 aliphatic carbocycles. The fourth-order valence-electron chi connectivity index (χ4n) is 1.90. The monoisotopic (exact) mass is 303 g/mol. The molecule has 0 bridgehead atoms. The van der Waals surface area contributed by atoms with Gasteiger partial charge in [-0.2, -0.15) is 0 Å². The van der Waals surface area contributed by atoms with Gasteiger partial charge in [0.15, 0.2) is 5.82 Å². The summed E-state index contributed by atoms with van der Waals surface area (Å²) < 4.78 is 40.4. The van der Waals surface area contributed by atoms with Crippen LogP contribution in [0.4, 0.5) is 15.8 Å². The van der Waals surface area contributed by atoms with Crippen LogP contribution in [0.3, 0.4) is 0 Å². The van der Waals surface area contributed by atoms with Crippen LogP contribution in [0.2, 0.25) is 0 Å². The number of nitrogens with zero attached hydrogens (tertiary/aromatic N) is 1. The van der Waals surface area contributed by atoms with Crippen LogP contribution in [-0.4, -0.2) is 19.4 Å². The standard InChI is InChI=1S/C11H14FN3O4S/c1-11(2)5-9(11)14-20(18,19)10-7(12)3-6(15(16)17)4-8(10)13/h3-4,9,14H,5,13H2,1-2H3. The Balaban J connectivity index is 2.40. The fourth-order valence-corrected chi connectivity index (χ4v) is 3.48. The van der Waals surface area contributed by atoms with Gasteiger partial charge in [-0.05, 0) is 11.8 Å². The van der Waals surface area contributed by atoms with Crippen molar-refractivity contribution < 1.29 is 17.7 Å². The van der Waals surface area contributed by atoms with E-state index in [1.807, 2.05) is 13.8 Å². The third-order valence-electron chi connectivity index (χ3n) is 3.35. The van der Waals surface area contributed by atoms with Crippen LogP contribution >= 0.6 is 0 Å². The maximum absolute atomic E-state index is 13.8. The number of hydrogen-bond donors (Lipinski definition) is 2. The van der Waals surface area contributed by atoms with Gasteiger partial charge in [0.25, 0.3) is 5.69 Å². The molecule has 2 rings (SSSR count). The Kier molecular flexibility index (Phi) is 3.22. The zero-order valence-electron chi connectivity index (χ0n) is 10.9. The molecule has 0 radical (unpaired) electrons. The highest BCUT2D eigenvalue weighted by Crippen LogP contribution is 2.45. The van der Waals surface area contributed by atoms with Gasteiger partial charge in [-0.15, -0.1) is 0 Å². The number of nitro groups is 1. The van der Waals surface area contributed by atoms with Crippen LogP contribution in [0.15, 0.2) is 17.0 Å². The van der Waals surface area contributed by atoms with E-state index < -0.39 is 37.0 Å². The van der Waals surface area contributed by atoms with Gasteiger partial charge in [-0.3, -0.25) is 10.1 Å². The van der Waals surface area contributed by atoms with E-state index >= 15 is 0 Å². The third kappa shape index (κ3) is 2.59. The first-order valence-electron chi connectivity index (χ1n) is 5.80. The normalized spacial score (nSPS) is 20.6. The molecule has 20 heavy (non-hydrogen) atoms. The van der Waals surface area contributed by atoms with Crippen molar-refractivity contribution in [1.82, 2.24) is 4.72 Å². The number of benzene rings is 1. The molecule has 1 aliphatic rings. The van der Waals surface area contributed by atoms with Gasteiger partial charge in [0.2, 0.25) is 10.0 Å². The molecule has 1 atom stereocenters. The second-order valence-corrected chi connectivity index (χ2v) is 7.12. The first kappa shape index (κ1) is 14.7. The molecule has 0 amide bonds. The summed E-state index contributed by atoms with van der Waals surface area (Å²) in [5, 5.41) is 10.6. The summed E-state index contributed by atoms with van der Waals surface area (Å²) in [5.41, 5.74) is 4.19. The molecule has 7 nitrogen and oxygen atoms in total. The highest BCUT2D eigenvalue weighted by Gasteiger charge is 2.48. The van der Waals surface area contributed by atoms with Crippen LogP contribution in [0, 0.1) is 21.3 Å². The Bertz CT molecular complexity index is 664. The quantitative estimate of drug-likeness (QED) is 0.495. The first-order valence-corrected chi connectivity index (χ1v) is 7.29. The van der Waals surface area contributed by atoms with E-state index in [2.05, 4.69) is 4.72 Å². The Hall–Kier alpha value is -1.74. The van der Waals surface area contributed by atoms with Crippen molar-refractivity contribution in [3.63, 3.8) is 0 Å². The lowest BCUT2D eigenvalue weighted by atomic mass is 10.2. The molecule has 1 saturated carbocycles. The van der Waals surface area contributed by atoms with Gasteiger partial charge >= 0.3 is 0 Å². The van der Waals surface area contributed by atoms with E-state index in [0.29, 0.717) is 12.5 Å². The van der Waals surface area contributed by atoms with Gasteiger partial charge in [0, 0.05) is 12.1 Å². The maximum atomic E-state index is 13.8. The van der Waals surface area contributed by atoms with Crippen molar-refractivity contribution in [2.24, 2.45) is 5.41 Å². The van der Waals surface area contributed by atoms with E-state index in [1.54, 1.807) is 0 Å². The summed E-state index contributed by atoms with van der Waals surface area (Å²) in [6.45, 7) is 3.74. The maximum Gasteiger partial charge on any atom is 0.274 e. The lowest BCUT2D eigenvalue weighted by molar-refractivity contribution is -0.385. The highest BCUT2D eigenvalue weighted by atomic mass is 32.2. The minimum absolute atomic E-state index is 0.181. The van der Waals surface area contributed by atoms with Gasteiger partial charge in [-0.1, -0.05) is 13.8 Å². The topological polar surface area (TPSA) is 115 Å². The number of nitrogens with two attached hydrogens (primary N) is 1. The molecule has 0 heterocycles. The average Bonchev–Trinajstić information content (AvgIpc) is 2.82. The summed E-state index contributed by atoms with van der Waals surface area (Å²) in [6, 6.07) is 1.08. The number of anilines is 1. The fraction of sp³-hybridized carbons (Fsp3) is 0.455. The van der Waals surface area contributed by atoms with E-state index in [-0.39, 0.29) is 11.5 Å².